The third kappa shape index (κ3) is 4.46. The van der Waals surface area contributed by atoms with E-state index in [9.17, 15) is 4.79 Å². The number of rotatable bonds is 6. The maximum absolute atomic E-state index is 12.4. The van der Waals surface area contributed by atoms with E-state index in [-0.39, 0.29) is 17.7 Å². The number of aromatic nitrogens is 3. The zero-order valence-electron chi connectivity index (χ0n) is 14.4. The van der Waals surface area contributed by atoms with Gasteiger partial charge in [0.05, 0.1) is 17.1 Å². The normalized spacial score (nSPS) is 14.3. The number of halogens is 1. The minimum atomic E-state index is -0.0778. The van der Waals surface area contributed by atoms with Gasteiger partial charge < -0.3 is 14.8 Å². The second-order valence-corrected chi connectivity index (χ2v) is 7.69. The fourth-order valence-corrected chi connectivity index (χ4v) is 3.86. The van der Waals surface area contributed by atoms with E-state index in [1.165, 1.54) is 24.6 Å². The highest BCUT2D eigenvalue weighted by atomic mass is 35.5. The molecular formula is C17H22ClN5OS. The van der Waals surface area contributed by atoms with Crippen molar-refractivity contribution in [3.8, 4) is 0 Å². The van der Waals surface area contributed by atoms with Gasteiger partial charge in [-0.15, -0.1) is 10.2 Å². The lowest BCUT2D eigenvalue weighted by molar-refractivity contribution is -0.113. The number of nitrogens with one attached hydrogen (secondary N) is 1. The summed E-state index contributed by atoms with van der Waals surface area (Å²) in [4.78, 5) is 14.7. The first-order valence-corrected chi connectivity index (χ1v) is 9.77. The predicted molar refractivity (Wildman–Crippen MR) is 103 cm³/mol. The highest BCUT2D eigenvalue weighted by molar-refractivity contribution is 7.99. The molecule has 1 N–H and O–H groups in total. The molecule has 2 heterocycles. The number of amides is 1. The topological polar surface area (TPSA) is 63.1 Å². The van der Waals surface area contributed by atoms with Crippen molar-refractivity contribution in [2.24, 2.45) is 0 Å². The van der Waals surface area contributed by atoms with Crippen LogP contribution in [-0.2, 0) is 4.79 Å². The molecule has 0 unspecified atom stereocenters. The molecule has 1 aromatic heterocycles. The van der Waals surface area contributed by atoms with Gasteiger partial charge in [-0.3, -0.25) is 4.79 Å². The Morgan fingerprint density at radius 1 is 1.36 bits per heavy atom. The fourth-order valence-electron chi connectivity index (χ4n) is 2.85. The van der Waals surface area contributed by atoms with Gasteiger partial charge in [0.15, 0.2) is 5.16 Å². The Kier molecular flexibility index (Phi) is 5.86. The number of benzene rings is 1. The number of anilines is 2. The van der Waals surface area contributed by atoms with Crippen LogP contribution in [-0.4, -0.2) is 39.5 Å². The first-order chi connectivity index (χ1) is 12.0. The summed E-state index contributed by atoms with van der Waals surface area (Å²) in [6.45, 7) is 6.14. The molecule has 0 saturated carbocycles. The van der Waals surface area contributed by atoms with Crippen LogP contribution in [0.4, 0.5) is 11.4 Å². The molecule has 25 heavy (non-hydrogen) atoms. The number of carbonyl (C=O) groups is 1. The van der Waals surface area contributed by atoms with Gasteiger partial charge in [0.1, 0.15) is 6.33 Å². The SMILES string of the molecule is CC(C)n1cnnc1SCC(=O)Nc1cc(Cl)ccc1N1CCCC1. The summed E-state index contributed by atoms with van der Waals surface area (Å²) < 4.78 is 1.95. The lowest BCUT2D eigenvalue weighted by Crippen LogP contribution is -2.22. The second-order valence-electron chi connectivity index (χ2n) is 6.31. The zero-order chi connectivity index (χ0) is 17.8. The standard InChI is InChI=1S/C17H22ClN5OS/c1-12(2)23-11-19-21-17(23)25-10-16(24)20-14-9-13(18)5-6-15(14)22-7-3-4-8-22/h5-6,9,11-12H,3-4,7-8,10H2,1-2H3,(H,20,24). The van der Waals surface area contributed by atoms with E-state index in [4.69, 9.17) is 11.6 Å². The van der Waals surface area contributed by atoms with Crippen molar-refractivity contribution in [3.63, 3.8) is 0 Å². The maximum Gasteiger partial charge on any atom is 0.234 e. The van der Waals surface area contributed by atoms with Gasteiger partial charge in [0, 0.05) is 24.2 Å². The summed E-state index contributed by atoms with van der Waals surface area (Å²) in [6.07, 6.45) is 4.04. The van der Waals surface area contributed by atoms with Gasteiger partial charge in [0.25, 0.3) is 0 Å². The molecule has 0 radical (unpaired) electrons. The van der Waals surface area contributed by atoms with Crippen molar-refractivity contribution in [1.29, 1.82) is 0 Å². The third-order valence-electron chi connectivity index (χ3n) is 4.11. The fraction of sp³-hybridized carbons (Fsp3) is 0.471. The molecule has 134 valence electrons. The van der Waals surface area contributed by atoms with E-state index in [1.807, 2.05) is 22.8 Å². The van der Waals surface area contributed by atoms with Gasteiger partial charge >= 0.3 is 0 Å². The van der Waals surface area contributed by atoms with E-state index in [1.54, 1.807) is 6.33 Å². The minimum absolute atomic E-state index is 0.0778. The molecule has 2 aromatic rings. The Balaban J connectivity index is 1.66. The van der Waals surface area contributed by atoms with Crippen molar-refractivity contribution >= 4 is 40.6 Å². The van der Waals surface area contributed by atoms with Crippen molar-refractivity contribution < 1.29 is 4.79 Å². The molecule has 1 saturated heterocycles. The summed E-state index contributed by atoms with van der Waals surface area (Å²) in [6, 6.07) is 5.92. The van der Waals surface area contributed by atoms with Crippen LogP contribution in [0.25, 0.3) is 0 Å². The molecule has 1 aliphatic rings. The Labute approximate surface area is 156 Å². The van der Waals surface area contributed by atoms with Crippen LogP contribution in [0.2, 0.25) is 5.02 Å². The molecule has 1 amide bonds. The van der Waals surface area contributed by atoms with Gasteiger partial charge in [-0.05, 0) is 44.9 Å². The molecule has 8 heteroatoms. The molecule has 0 atom stereocenters. The Morgan fingerprint density at radius 2 is 2.12 bits per heavy atom. The number of hydrogen-bond acceptors (Lipinski definition) is 5. The van der Waals surface area contributed by atoms with E-state index in [2.05, 4.69) is 34.3 Å². The molecule has 1 aliphatic heterocycles. The van der Waals surface area contributed by atoms with Crippen LogP contribution >= 0.6 is 23.4 Å². The van der Waals surface area contributed by atoms with Crippen LogP contribution < -0.4 is 10.2 Å². The highest BCUT2D eigenvalue weighted by Gasteiger charge is 2.18. The van der Waals surface area contributed by atoms with Crippen molar-refractivity contribution in [2.45, 2.75) is 37.9 Å². The molecule has 0 spiro atoms. The van der Waals surface area contributed by atoms with E-state index < -0.39 is 0 Å². The van der Waals surface area contributed by atoms with Gasteiger partial charge in [-0.25, -0.2) is 0 Å². The zero-order valence-corrected chi connectivity index (χ0v) is 16.0. The van der Waals surface area contributed by atoms with Crippen molar-refractivity contribution in [1.82, 2.24) is 14.8 Å². The predicted octanol–water partition coefficient (Wildman–Crippen LogP) is 3.84. The first kappa shape index (κ1) is 18.1. The number of thioether (sulfide) groups is 1. The smallest absolute Gasteiger partial charge is 0.234 e. The van der Waals surface area contributed by atoms with Crippen LogP contribution in [0.15, 0.2) is 29.7 Å². The number of nitrogens with zero attached hydrogens (tertiary/aromatic N) is 4. The Bertz CT molecular complexity index is 742. The van der Waals surface area contributed by atoms with Crippen LogP contribution in [0.5, 0.6) is 0 Å². The first-order valence-electron chi connectivity index (χ1n) is 8.41. The average molecular weight is 380 g/mol. The quantitative estimate of drug-likeness (QED) is 0.772. The molecule has 6 nitrogen and oxygen atoms in total. The minimum Gasteiger partial charge on any atom is -0.370 e. The summed E-state index contributed by atoms with van der Waals surface area (Å²) >= 11 is 7.51. The van der Waals surface area contributed by atoms with E-state index in [0.29, 0.717) is 5.02 Å². The molecule has 1 fully saturated rings. The lowest BCUT2D eigenvalue weighted by Gasteiger charge is -2.21. The van der Waals surface area contributed by atoms with Crippen LogP contribution in [0.3, 0.4) is 0 Å². The third-order valence-corrected chi connectivity index (χ3v) is 5.30. The van der Waals surface area contributed by atoms with E-state index in [0.717, 1.165) is 29.6 Å². The summed E-state index contributed by atoms with van der Waals surface area (Å²) in [5.41, 5.74) is 1.80. The van der Waals surface area contributed by atoms with Crippen LogP contribution in [0, 0.1) is 0 Å². The Morgan fingerprint density at radius 3 is 2.84 bits per heavy atom. The number of hydrogen-bond donors (Lipinski definition) is 1. The Hall–Kier alpha value is -1.73. The molecule has 3 rings (SSSR count). The summed E-state index contributed by atoms with van der Waals surface area (Å²) in [7, 11) is 0. The molecule has 0 bridgehead atoms. The molecule has 0 aliphatic carbocycles. The summed E-state index contributed by atoms with van der Waals surface area (Å²) in [5.74, 6) is 0.197. The molecule has 1 aromatic carbocycles. The number of carbonyl (C=O) groups excluding carboxylic acids is 1. The van der Waals surface area contributed by atoms with Gasteiger partial charge in [-0.2, -0.15) is 0 Å². The summed E-state index contributed by atoms with van der Waals surface area (Å²) in [5, 5.41) is 12.4. The monoisotopic (exact) mass is 379 g/mol. The maximum atomic E-state index is 12.4. The lowest BCUT2D eigenvalue weighted by atomic mass is 10.2. The largest absolute Gasteiger partial charge is 0.370 e. The second kappa shape index (κ2) is 8.10. The van der Waals surface area contributed by atoms with Crippen LogP contribution in [0.1, 0.15) is 32.7 Å². The van der Waals surface area contributed by atoms with Gasteiger partial charge in [0.2, 0.25) is 5.91 Å². The van der Waals surface area contributed by atoms with Crippen molar-refractivity contribution in [3.05, 3.63) is 29.5 Å². The average Bonchev–Trinajstić information content (AvgIpc) is 3.24. The van der Waals surface area contributed by atoms with Crippen molar-refractivity contribution in [2.75, 3.05) is 29.1 Å². The van der Waals surface area contributed by atoms with E-state index >= 15 is 0 Å². The molecular weight excluding hydrogens is 358 g/mol. The van der Waals surface area contributed by atoms with Gasteiger partial charge in [-0.1, -0.05) is 23.4 Å². The highest BCUT2D eigenvalue weighted by Crippen LogP contribution is 2.31.